The molecule has 0 aromatic heterocycles. The summed E-state index contributed by atoms with van der Waals surface area (Å²) in [6, 6.07) is 24.6. The van der Waals surface area contributed by atoms with Crippen LogP contribution in [0.25, 0.3) is 11.1 Å². The van der Waals surface area contributed by atoms with Gasteiger partial charge in [0, 0.05) is 11.1 Å². The number of aliphatic hydroxyl groups excluding tert-OH is 1. The maximum Gasteiger partial charge on any atom is 0.335 e. The van der Waals surface area contributed by atoms with Gasteiger partial charge in [-0.15, -0.1) is 0 Å². The molecule has 1 atom stereocenters. The Morgan fingerprint density at radius 3 is 1.24 bits per heavy atom. The highest BCUT2D eigenvalue weighted by atomic mass is 16.7. The second-order valence-corrected chi connectivity index (χ2v) is 11.3. The first-order valence-corrected chi connectivity index (χ1v) is 15.6. The van der Waals surface area contributed by atoms with Gasteiger partial charge >= 0.3 is 23.9 Å². The standard InChI is InChI=1S/C39H36O12/c1-24(2)38(47)51-39(48,23-50-22-21-49-20-19-40)32-17-15-28(16-18-32)34(27-7-13-31(14-8-27)37(45)46)33(25-3-9-29(10-4-25)35(41)42)26-5-11-30(12-6-26)36(43)44/h3-18,40,48H,1,19-23H2,2H3,(H,41,42)(H,43,44)(H,45,46). The summed E-state index contributed by atoms with van der Waals surface area (Å²) in [6.07, 6.45) is 0. The third-order valence-electron chi connectivity index (χ3n) is 7.65. The second-order valence-electron chi connectivity index (χ2n) is 11.3. The average molecular weight is 697 g/mol. The molecule has 0 bridgehead atoms. The molecule has 0 radical (unpaired) electrons. The molecule has 0 saturated heterocycles. The zero-order valence-corrected chi connectivity index (χ0v) is 27.6. The van der Waals surface area contributed by atoms with Gasteiger partial charge in [0.15, 0.2) is 0 Å². The van der Waals surface area contributed by atoms with Crippen LogP contribution >= 0.6 is 0 Å². The maximum atomic E-state index is 12.6. The van der Waals surface area contributed by atoms with Gasteiger partial charge in [0.05, 0.1) is 43.1 Å². The summed E-state index contributed by atoms with van der Waals surface area (Å²) in [7, 11) is 0. The van der Waals surface area contributed by atoms with Crippen LogP contribution < -0.4 is 0 Å². The number of esters is 1. The lowest BCUT2D eigenvalue weighted by molar-refractivity contribution is -0.233. The molecule has 0 heterocycles. The van der Waals surface area contributed by atoms with Crippen molar-refractivity contribution in [2.75, 3.05) is 33.0 Å². The van der Waals surface area contributed by atoms with Gasteiger partial charge in [0.25, 0.3) is 5.79 Å². The van der Waals surface area contributed by atoms with E-state index in [1.54, 1.807) is 48.5 Å². The van der Waals surface area contributed by atoms with Crippen molar-refractivity contribution < 1.29 is 58.9 Å². The van der Waals surface area contributed by atoms with Crippen molar-refractivity contribution in [3.8, 4) is 0 Å². The fourth-order valence-corrected chi connectivity index (χ4v) is 5.05. The molecule has 0 spiro atoms. The zero-order chi connectivity index (χ0) is 37.1. The number of carboxylic acid groups (broad SMARTS) is 3. The molecule has 4 rings (SSSR count). The van der Waals surface area contributed by atoms with Crippen molar-refractivity contribution >= 4 is 35.0 Å². The summed E-state index contributed by atoms with van der Waals surface area (Å²) in [5, 5.41) is 49.1. The number of rotatable bonds is 17. The predicted molar refractivity (Wildman–Crippen MR) is 185 cm³/mol. The second kappa shape index (κ2) is 17.1. The molecule has 0 fully saturated rings. The van der Waals surface area contributed by atoms with Crippen LogP contribution in [0.2, 0.25) is 0 Å². The Hall–Kier alpha value is -5.92. The fourth-order valence-electron chi connectivity index (χ4n) is 5.05. The number of carboxylic acids is 3. The number of aromatic carboxylic acids is 3. The van der Waals surface area contributed by atoms with Gasteiger partial charge in [-0.25, -0.2) is 19.2 Å². The SMILES string of the molecule is C=C(C)C(=O)OC(O)(COCCOCCO)c1ccc(C(=C(c2ccc(C(=O)O)cc2)c2ccc(C(=O)O)cc2)c2ccc(C(=O)O)cc2)cc1. The third-order valence-corrected chi connectivity index (χ3v) is 7.65. The molecule has 4 aromatic rings. The van der Waals surface area contributed by atoms with E-state index in [4.69, 9.17) is 19.3 Å². The molecule has 0 amide bonds. The smallest absolute Gasteiger partial charge is 0.335 e. The van der Waals surface area contributed by atoms with Crippen molar-refractivity contribution in [1.82, 2.24) is 0 Å². The highest BCUT2D eigenvalue weighted by Crippen LogP contribution is 2.38. The Morgan fingerprint density at radius 2 is 0.902 bits per heavy atom. The summed E-state index contributed by atoms with van der Waals surface area (Å²) in [5.74, 6) is -6.49. The highest BCUT2D eigenvalue weighted by molar-refractivity contribution is 6.05. The van der Waals surface area contributed by atoms with Crippen molar-refractivity contribution in [3.05, 3.63) is 154 Å². The van der Waals surface area contributed by atoms with Crippen LogP contribution in [0.5, 0.6) is 0 Å². The van der Waals surface area contributed by atoms with Crippen LogP contribution in [0.4, 0.5) is 0 Å². The zero-order valence-electron chi connectivity index (χ0n) is 27.6. The first kappa shape index (κ1) is 37.9. The molecular formula is C39H36O12. The lowest BCUT2D eigenvalue weighted by Gasteiger charge is -2.28. The van der Waals surface area contributed by atoms with Gasteiger partial charge in [-0.2, -0.15) is 0 Å². The maximum absolute atomic E-state index is 12.6. The first-order chi connectivity index (χ1) is 24.3. The number of hydrogen-bond donors (Lipinski definition) is 5. The van der Waals surface area contributed by atoms with Gasteiger partial charge in [-0.05, 0) is 76.7 Å². The van der Waals surface area contributed by atoms with Crippen molar-refractivity contribution in [1.29, 1.82) is 0 Å². The van der Waals surface area contributed by atoms with E-state index in [1.807, 2.05) is 0 Å². The van der Waals surface area contributed by atoms with Crippen LogP contribution in [0.1, 0.15) is 65.8 Å². The summed E-state index contributed by atoms with van der Waals surface area (Å²) in [6.45, 7) is 4.60. The highest BCUT2D eigenvalue weighted by Gasteiger charge is 2.35. The largest absolute Gasteiger partial charge is 0.478 e. The van der Waals surface area contributed by atoms with E-state index in [0.29, 0.717) is 33.4 Å². The van der Waals surface area contributed by atoms with Crippen molar-refractivity contribution in [2.24, 2.45) is 0 Å². The van der Waals surface area contributed by atoms with Crippen LogP contribution in [-0.2, 0) is 24.8 Å². The number of hydrogen-bond acceptors (Lipinski definition) is 9. The Bertz CT molecular complexity index is 1850. The van der Waals surface area contributed by atoms with Crippen LogP contribution in [0, 0.1) is 0 Å². The summed E-state index contributed by atoms with van der Waals surface area (Å²) < 4.78 is 16.2. The van der Waals surface area contributed by atoms with Gasteiger partial charge in [0.1, 0.15) is 6.61 Å². The molecule has 12 nitrogen and oxygen atoms in total. The number of ether oxygens (including phenoxy) is 3. The van der Waals surface area contributed by atoms with E-state index in [9.17, 15) is 39.6 Å². The quantitative estimate of drug-likeness (QED) is 0.0323. The van der Waals surface area contributed by atoms with E-state index in [-0.39, 0.29) is 54.3 Å². The first-order valence-electron chi connectivity index (χ1n) is 15.6. The van der Waals surface area contributed by atoms with Gasteiger partial charge < -0.3 is 39.7 Å². The lowest BCUT2D eigenvalue weighted by Crippen LogP contribution is -2.37. The van der Waals surface area contributed by atoms with Gasteiger partial charge in [-0.1, -0.05) is 67.2 Å². The molecular weight excluding hydrogens is 660 g/mol. The van der Waals surface area contributed by atoms with E-state index in [0.717, 1.165) is 0 Å². The van der Waals surface area contributed by atoms with E-state index >= 15 is 0 Å². The number of benzene rings is 4. The Balaban J connectivity index is 1.92. The summed E-state index contributed by atoms with van der Waals surface area (Å²) in [4.78, 5) is 47.6. The summed E-state index contributed by atoms with van der Waals surface area (Å²) in [5.41, 5.74) is 3.65. The fraction of sp³-hybridized carbons (Fsp3) is 0.179. The minimum Gasteiger partial charge on any atom is -0.478 e. The molecule has 4 aromatic carbocycles. The topological polar surface area (TPSA) is 197 Å². The van der Waals surface area contributed by atoms with E-state index in [1.165, 1.54) is 55.5 Å². The molecule has 264 valence electrons. The van der Waals surface area contributed by atoms with Crippen LogP contribution in [-0.4, -0.2) is 82.4 Å². The molecule has 0 aliphatic carbocycles. The molecule has 0 aliphatic heterocycles. The van der Waals surface area contributed by atoms with E-state index in [2.05, 4.69) is 6.58 Å². The van der Waals surface area contributed by atoms with Gasteiger partial charge in [-0.3, -0.25) is 0 Å². The molecule has 0 aliphatic rings. The molecule has 0 saturated carbocycles. The molecule has 51 heavy (non-hydrogen) atoms. The Kier molecular flexibility index (Phi) is 12.7. The Labute approximate surface area is 293 Å². The molecule has 5 N–H and O–H groups in total. The van der Waals surface area contributed by atoms with E-state index < -0.39 is 36.3 Å². The molecule has 12 heteroatoms. The average Bonchev–Trinajstić information content (AvgIpc) is 3.12. The summed E-state index contributed by atoms with van der Waals surface area (Å²) >= 11 is 0. The number of carbonyl (C=O) groups is 4. The monoisotopic (exact) mass is 696 g/mol. The number of carbonyl (C=O) groups excluding carboxylic acids is 1. The minimum absolute atomic E-state index is 0.0228. The van der Waals surface area contributed by atoms with Crippen molar-refractivity contribution in [2.45, 2.75) is 12.7 Å². The number of aliphatic hydroxyl groups is 2. The minimum atomic E-state index is -2.25. The Morgan fingerprint density at radius 1 is 0.569 bits per heavy atom. The van der Waals surface area contributed by atoms with Crippen molar-refractivity contribution in [3.63, 3.8) is 0 Å². The van der Waals surface area contributed by atoms with Crippen LogP contribution in [0.3, 0.4) is 0 Å². The lowest BCUT2D eigenvalue weighted by atomic mass is 9.84. The third kappa shape index (κ3) is 9.62. The molecule has 1 unspecified atom stereocenters. The van der Waals surface area contributed by atoms with Crippen LogP contribution in [0.15, 0.2) is 109 Å². The normalized spacial score (nSPS) is 12.0. The van der Waals surface area contributed by atoms with Gasteiger partial charge in [0.2, 0.25) is 0 Å². The predicted octanol–water partition coefficient (Wildman–Crippen LogP) is 5.08.